The lowest BCUT2D eigenvalue weighted by Gasteiger charge is -2.19. The number of hydrogen-bond donors (Lipinski definition) is 3. The zero-order valence-corrected chi connectivity index (χ0v) is 18.5. The van der Waals surface area contributed by atoms with Crippen molar-refractivity contribution in [1.82, 2.24) is 4.98 Å². The Balaban J connectivity index is 1.71. The fraction of sp³-hybridized carbons (Fsp3) is 0.179. The molecular formula is C28H29NO4. The first kappa shape index (κ1) is 24.0. The molecule has 0 fully saturated rings. The van der Waals surface area contributed by atoms with Gasteiger partial charge in [0.1, 0.15) is 18.1 Å². The van der Waals surface area contributed by atoms with Crippen molar-refractivity contribution in [2.45, 2.75) is 18.9 Å². The molecule has 0 spiro atoms. The van der Waals surface area contributed by atoms with Gasteiger partial charge >= 0.3 is 0 Å². The number of nitrogens with zero attached hydrogens (tertiary/aromatic N) is 1. The molecule has 1 aromatic heterocycles. The summed E-state index contributed by atoms with van der Waals surface area (Å²) in [6, 6.07) is 22.0. The molecule has 170 valence electrons. The summed E-state index contributed by atoms with van der Waals surface area (Å²) < 4.78 is 5.75. The molecule has 0 aliphatic rings. The normalized spacial score (nSPS) is 12.9. The second-order valence-electron chi connectivity index (χ2n) is 7.58. The number of rotatable bonds is 11. The van der Waals surface area contributed by atoms with E-state index in [1.54, 1.807) is 24.4 Å². The number of pyridine rings is 1. The van der Waals surface area contributed by atoms with Crippen molar-refractivity contribution in [2.75, 3.05) is 13.2 Å². The summed E-state index contributed by atoms with van der Waals surface area (Å²) in [5, 5.41) is 30.0. The number of allylic oxidation sites excluding steroid dienone is 1. The molecule has 3 N–H and O–H groups in total. The van der Waals surface area contributed by atoms with Crippen LogP contribution in [0.5, 0.6) is 11.5 Å². The Bertz CT molecular complexity index is 1070. The average Bonchev–Trinajstić information content (AvgIpc) is 2.85. The molecule has 2 aromatic carbocycles. The number of phenolic OH excluding ortho intramolecular Hbond substituents is 1. The molecule has 0 bridgehead atoms. The minimum atomic E-state index is -0.823. The van der Waals surface area contributed by atoms with Gasteiger partial charge in [-0.3, -0.25) is 4.98 Å². The minimum Gasteiger partial charge on any atom is -0.508 e. The molecule has 0 radical (unpaired) electrons. The van der Waals surface area contributed by atoms with Crippen molar-refractivity contribution in [3.8, 4) is 11.5 Å². The summed E-state index contributed by atoms with van der Waals surface area (Å²) in [5.41, 5.74) is 3.88. The fourth-order valence-corrected chi connectivity index (χ4v) is 3.43. The Morgan fingerprint density at radius 3 is 2.39 bits per heavy atom. The maximum Gasteiger partial charge on any atom is 0.119 e. The van der Waals surface area contributed by atoms with Crippen LogP contribution in [0.2, 0.25) is 0 Å². The van der Waals surface area contributed by atoms with Gasteiger partial charge in [0.2, 0.25) is 0 Å². The molecule has 3 rings (SSSR count). The molecule has 0 aliphatic heterocycles. The number of para-hydroxylation sites is 1. The van der Waals surface area contributed by atoms with E-state index in [1.165, 1.54) is 0 Å². The zero-order valence-electron chi connectivity index (χ0n) is 18.5. The summed E-state index contributed by atoms with van der Waals surface area (Å²) in [5.74, 6) is 0.919. The van der Waals surface area contributed by atoms with E-state index in [-0.39, 0.29) is 19.0 Å². The van der Waals surface area contributed by atoms with E-state index in [0.717, 1.165) is 16.8 Å². The smallest absolute Gasteiger partial charge is 0.119 e. The van der Waals surface area contributed by atoms with E-state index in [4.69, 9.17) is 4.74 Å². The molecule has 3 aromatic rings. The van der Waals surface area contributed by atoms with Crippen LogP contribution in [-0.2, 0) is 0 Å². The lowest BCUT2D eigenvalue weighted by Crippen LogP contribution is -2.16. The highest BCUT2D eigenvalue weighted by atomic mass is 16.5. The second kappa shape index (κ2) is 12.4. The minimum absolute atomic E-state index is 0.201. The van der Waals surface area contributed by atoms with Crippen LogP contribution in [0, 0.1) is 0 Å². The molecule has 0 amide bonds. The highest BCUT2D eigenvalue weighted by Gasteiger charge is 2.16. The van der Waals surface area contributed by atoms with Crippen LogP contribution in [0.4, 0.5) is 0 Å². The van der Waals surface area contributed by atoms with Crippen LogP contribution in [0.3, 0.4) is 0 Å². The SMILES string of the molecule is C=C(COc1ccccc1)/C(=C/CO)C(O)CC/C(=C/c1ccc(O)cc1)c1ccccn1. The van der Waals surface area contributed by atoms with Crippen molar-refractivity contribution in [2.24, 2.45) is 0 Å². The van der Waals surface area contributed by atoms with Crippen LogP contribution < -0.4 is 4.74 Å². The van der Waals surface area contributed by atoms with Crippen LogP contribution in [-0.4, -0.2) is 39.6 Å². The summed E-state index contributed by atoms with van der Waals surface area (Å²) in [4.78, 5) is 4.46. The molecule has 0 saturated carbocycles. The average molecular weight is 444 g/mol. The van der Waals surface area contributed by atoms with Crippen molar-refractivity contribution in [1.29, 1.82) is 0 Å². The van der Waals surface area contributed by atoms with Crippen molar-refractivity contribution < 1.29 is 20.1 Å². The standard InChI is InChI=1S/C28H29NO4/c1-21(20-33-25-7-3-2-4-8-25)26(16-18-30)28(32)15-12-23(27-9-5-6-17-29-27)19-22-10-13-24(31)14-11-22/h2-11,13-14,16-17,19,28,30-32H,1,12,15,18,20H2/b23-19-,26-16-. The van der Waals surface area contributed by atoms with E-state index in [2.05, 4.69) is 11.6 Å². The quantitative estimate of drug-likeness (QED) is 0.362. The van der Waals surface area contributed by atoms with Crippen LogP contribution in [0.15, 0.2) is 103 Å². The second-order valence-corrected chi connectivity index (χ2v) is 7.58. The van der Waals surface area contributed by atoms with Crippen molar-refractivity contribution in [3.63, 3.8) is 0 Å². The Hall–Kier alpha value is -3.67. The largest absolute Gasteiger partial charge is 0.508 e. The summed E-state index contributed by atoms with van der Waals surface area (Å²) >= 11 is 0. The summed E-state index contributed by atoms with van der Waals surface area (Å²) in [6.07, 6.45) is 5.45. The summed E-state index contributed by atoms with van der Waals surface area (Å²) in [7, 11) is 0. The maximum absolute atomic E-state index is 10.9. The Morgan fingerprint density at radius 1 is 1.00 bits per heavy atom. The van der Waals surface area contributed by atoms with Crippen LogP contribution in [0.1, 0.15) is 24.1 Å². The predicted molar refractivity (Wildman–Crippen MR) is 132 cm³/mol. The molecule has 0 saturated heterocycles. The van der Waals surface area contributed by atoms with E-state index in [1.807, 2.05) is 66.7 Å². The molecule has 33 heavy (non-hydrogen) atoms. The zero-order chi connectivity index (χ0) is 23.5. The van der Waals surface area contributed by atoms with E-state index in [9.17, 15) is 15.3 Å². The monoisotopic (exact) mass is 443 g/mol. The number of phenols is 1. The topological polar surface area (TPSA) is 82.8 Å². The Morgan fingerprint density at radius 2 is 1.73 bits per heavy atom. The number of aliphatic hydroxyl groups excluding tert-OH is 2. The number of ether oxygens (including phenoxy) is 1. The van der Waals surface area contributed by atoms with Gasteiger partial charge in [-0.1, -0.05) is 49.1 Å². The first-order valence-electron chi connectivity index (χ1n) is 10.8. The fourth-order valence-electron chi connectivity index (χ4n) is 3.43. The number of aromatic nitrogens is 1. The number of hydrogen-bond acceptors (Lipinski definition) is 5. The van der Waals surface area contributed by atoms with Gasteiger partial charge in [0, 0.05) is 6.20 Å². The highest BCUT2D eigenvalue weighted by Crippen LogP contribution is 2.26. The van der Waals surface area contributed by atoms with Gasteiger partial charge in [0.25, 0.3) is 0 Å². The van der Waals surface area contributed by atoms with Gasteiger partial charge in [0.05, 0.1) is 18.4 Å². The molecule has 1 unspecified atom stereocenters. The first-order valence-corrected chi connectivity index (χ1v) is 10.8. The third-order valence-electron chi connectivity index (χ3n) is 5.15. The van der Waals surface area contributed by atoms with Gasteiger partial charge in [-0.25, -0.2) is 0 Å². The molecule has 1 heterocycles. The van der Waals surface area contributed by atoms with Gasteiger partial charge in [0.15, 0.2) is 0 Å². The lowest BCUT2D eigenvalue weighted by atomic mass is 9.94. The molecule has 5 heteroatoms. The van der Waals surface area contributed by atoms with Crippen LogP contribution >= 0.6 is 0 Å². The molecule has 1 atom stereocenters. The third-order valence-corrected chi connectivity index (χ3v) is 5.15. The van der Waals surface area contributed by atoms with E-state index < -0.39 is 6.10 Å². The predicted octanol–water partition coefficient (Wildman–Crippen LogP) is 5.02. The van der Waals surface area contributed by atoms with Crippen LogP contribution in [0.25, 0.3) is 11.6 Å². The molecular weight excluding hydrogens is 414 g/mol. The van der Waals surface area contributed by atoms with Crippen molar-refractivity contribution in [3.05, 3.63) is 114 Å². The Kier molecular flexibility index (Phi) is 9.00. The first-order chi connectivity index (χ1) is 16.1. The maximum atomic E-state index is 10.9. The van der Waals surface area contributed by atoms with E-state index >= 15 is 0 Å². The number of aliphatic hydroxyl groups is 2. The Labute approximate surface area is 194 Å². The molecule has 5 nitrogen and oxygen atoms in total. The highest BCUT2D eigenvalue weighted by molar-refractivity contribution is 5.80. The van der Waals surface area contributed by atoms with Gasteiger partial charge in [-0.2, -0.15) is 0 Å². The number of aromatic hydroxyl groups is 1. The van der Waals surface area contributed by atoms with Gasteiger partial charge < -0.3 is 20.1 Å². The third kappa shape index (κ3) is 7.45. The van der Waals surface area contributed by atoms with E-state index in [0.29, 0.717) is 29.7 Å². The number of benzene rings is 2. The van der Waals surface area contributed by atoms with Gasteiger partial charge in [-0.15, -0.1) is 0 Å². The van der Waals surface area contributed by atoms with Crippen molar-refractivity contribution >= 4 is 11.6 Å². The molecule has 0 aliphatic carbocycles. The summed E-state index contributed by atoms with van der Waals surface area (Å²) in [6.45, 7) is 4.07. The lowest BCUT2D eigenvalue weighted by molar-refractivity contribution is 0.200. The van der Waals surface area contributed by atoms with Gasteiger partial charge in [-0.05, 0) is 77.6 Å².